The van der Waals surface area contributed by atoms with Crippen molar-refractivity contribution in [3.63, 3.8) is 0 Å². The SMILES string of the molecule is CCNC(=O)CN(CC)CC(=O)c1cc(C)c(C)cc1C. The summed E-state index contributed by atoms with van der Waals surface area (Å²) in [6, 6.07) is 4.00. The lowest BCUT2D eigenvalue weighted by Gasteiger charge is -2.19. The number of Topliss-reactive ketones (excluding diaryl/α,β-unsaturated/α-hetero) is 1. The van der Waals surface area contributed by atoms with Gasteiger partial charge in [0.05, 0.1) is 13.1 Å². The zero-order valence-electron chi connectivity index (χ0n) is 13.7. The molecule has 0 atom stereocenters. The van der Waals surface area contributed by atoms with Crippen LogP contribution in [-0.2, 0) is 4.79 Å². The Bertz CT molecular complexity index is 524. The number of benzene rings is 1. The van der Waals surface area contributed by atoms with E-state index >= 15 is 0 Å². The summed E-state index contributed by atoms with van der Waals surface area (Å²) in [6.07, 6.45) is 0. The molecular formula is C17H26N2O2. The van der Waals surface area contributed by atoms with Crippen LogP contribution in [0.15, 0.2) is 12.1 Å². The number of carbonyl (C=O) groups is 2. The Labute approximate surface area is 127 Å². The van der Waals surface area contributed by atoms with Crippen LogP contribution in [0.3, 0.4) is 0 Å². The molecule has 1 amide bonds. The van der Waals surface area contributed by atoms with Gasteiger partial charge >= 0.3 is 0 Å². The van der Waals surface area contributed by atoms with Crippen molar-refractivity contribution in [3.8, 4) is 0 Å². The van der Waals surface area contributed by atoms with Crippen LogP contribution in [0.25, 0.3) is 0 Å². The van der Waals surface area contributed by atoms with E-state index in [1.807, 2.05) is 51.7 Å². The van der Waals surface area contributed by atoms with E-state index in [1.165, 1.54) is 5.56 Å². The van der Waals surface area contributed by atoms with Gasteiger partial charge in [-0.3, -0.25) is 14.5 Å². The van der Waals surface area contributed by atoms with Crippen LogP contribution in [-0.4, -0.2) is 42.8 Å². The third-order valence-corrected chi connectivity index (χ3v) is 3.70. The van der Waals surface area contributed by atoms with Crippen LogP contribution in [0.5, 0.6) is 0 Å². The van der Waals surface area contributed by atoms with Crippen LogP contribution >= 0.6 is 0 Å². The quantitative estimate of drug-likeness (QED) is 0.784. The lowest BCUT2D eigenvalue weighted by atomic mass is 9.98. The summed E-state index contributed by atoms with van der Waals surface area (Å²) in [4.78, 5) is 26.0. The van der Waals surface area contributed by atoms with E-state index in [0.717, 1.165) is 16.7 Å². The van der Waals surface area contributed by atoms with Gasteiger partial charge in [0.1, 0.15) is 0 Å². The molecule has 0 heterocycles. The summed E-state index contributed by atoms with van der Waals surface area (Å²) in [5.41, 5.74) is 4.07. The maximum atomic E-state index is 12.5. The average Bonchev–Trinajstić information content (AvgIpc) is 2.42. The summed E-state index contributed by atoms with van der Waals surface area (Å²) in [6.45, 7) is 11.7. The molecule has 1 aromatic rings. The van der Waals surface area contributed by atoms with Crippen molar-refractivity contribution in [1.29, 1.82) is 0 Å². The summed E-state index contributed by atoms with van der Waals surface area (Å²) >= 11 is 0. The van der Waals surface area contributed by atoms with Crippen LogP contribution in [0.4, 0.5) is 0 Å². The minimum absolute atomic E-state index is 0.0380. The van der Waals surface area contributed by atoms with E-state index in [0.29, 0.717) is 13.1 Å². The smallest absolute Gasteiger partial charge is 0.234 e. The molecule has 1 rings (SSSR count). The van der Waals surface area contributed by atoms with Crippen molar-refractivity contribution in [2.45, 2.75) is 34.6 Å². The predicted molar refractivity (Wildman–Crippen MR) is 85.8 cm³/mol. The van der Waals surface area contributed by atoms with Gasteiger partial charge in [-0.25, -0.2) is 0 Å². The van der Waals surface area contributed by atoms with E-state index in [-0.39, 0.29) is 24.8 Å². The molecule has 0 aliphatic carbocycles. The third-order valence-electron chi connectivity index (χ3n) is 3.70. The Morgan fingerprint density at radius 3 is 2.19 bits per heavy atom. The Morgan fingerprint density at radius 1 is 1.00 bits per heavy atom. The molecule has 0 saturated carbocycles. The van der Waals surface area contributed by atoms with Gasteiger partial charge in [0, 0.05) is 12.1 Å². The first kappa shape index (κ1) is 17.4. The minimum atomic E-state index is -0.0380. The molecule has 0 saturated heterocycles. The number of hydrogen-bond acceptors (Lipinski definition) is 3. The highest BCUT2D eigenvalue weighted by Gasteiger charge is 2.16. The van der Waals surface area contributed by atoms with Crippen LogP contribution in [0.1, 0.15) is 40.9 Å². The van der Waals surface area contributed by atoms with Gasteiger partial charge in [0.25, 0.3) is 0 Å². The number of carbonyl (C=O) groups excluding carboxylic acids is 2. The molecule has 0 aliphatic rings. The average molecular weight is 290 g/mol. The van der Waals surface area contributed by atoms with E-state index in [4.69, 9.17) is 0 Å². The normalized spacial score (nSPS) is 10.8. The van der Waals surface area contributed by atoms with E-state index < -0.39 is 0 Å². The number of rotatable bonds is 7. The molecule has 116 valence electrons. The Kier molecular flexibility index (Phi) is 6.56. The summed E-state index contributed by atoms with van der Waals surface area (Å²) in [5, 5.41) is 2.76. The maximum absolute atomic E-state index is 12.5. The van der Waals surface area contributed by atoms with E-state index in [2.05, 4.69) is 5.32 Å². The second-order valence-corrected chi connectivity index (χ2v) is 5.43. The molecule has 0 unspecified atom stereocenters. The van der Waals surface area contributed by atoms with Gasteiger partial charge in [-0.15, -0.1) is 0 Å². The van der Waals surface area contributed by atoms with Gasteiger partial charge in [-0.2, -0.15) is 0 Å². The lowest BCUT2D eigenvalue weighted by Crippen LogP contribution is -2.39. The summed E-state index contributed by atoms with van der Waals surface area (Å²) in [7, 11) is 0. The number of hydrogen-bond donors (Lipinski definition) is 1. The largest absolute Gasteiger partial charge is 0.355 e. The monoisotopic (exact) mass is 290 g/mol. The number of nitrogens with one attached hydrogen (secondary N) is 1. The second kappa shape index (κ2) is 7.93. The zero-order chi connectivity index (χ0) is 16.0. The first-order chi connectivity index (χ1) is 9.88. The standard InChI is InChI=1S/C17H26N2O2/c1-6-18-17(21)11-19(7-2)10-16(20)15-9-13(4)12(3)8-14(15)5/h8-9H,6-7,10-11H2,1-5H3,(H,18,21). The third kappa shape index (κ3) is 4.97. The van der Waals surface area contributed by atoms with Crippen LogP contribution in [0.2, 0.25) is 0 Å². The molecule has 4 heteroatoms. The van der Waals surface area contributed by atoms with Gasteiger partial charge < -0.3 is 5.32 Å². The first-order valence-corrected chi connectivity index (χ1v) is 7.49. The number of amides is 1. The van der Waals surface area contributed by atoms with Crippen LogP contribution in [0, 0.1) is 20.8 Å². The number of aryl methyl sites for hydroxylation is 3. The van der Waals surface area contributed by atoms with Crippen molar-refractivity contribution in [3.05, 3.63) is 34.4 Å². The number of nitrogens with zero attached hydrogens (tertiary/aromatic N) is 1. The van der Waals surface area contributed by atoms with Gasteiger partial charge in [0.2, 0.25) is 5.91 Å². The molecule has 0 fully saturated rings. The molecule has 21 heavy (non-hydrogen) atoms. The van der Waals surface area contributed by atoms with Crippen molar-refractivity contribution < 1.29 is 9.59 Å². The highest BCUT2D eigenvalue weighted by atomic mass is 16.2. The fourth-order valence-corrected chi connectivity index (χ4v) is 2.28. The molecular weight excluding hydrogens is 264 g/mol. The Balaban J connectivity index is 2.79. The van der Waals surface area contributed by atoms with E-state index in [9.17, 15) is 9.59 Å². The minimum Gasteiger partial charge on any atom is -0.355 e. The van der Waals surface area contributed by atoms with Crippen molar-refractivity contribution in [2.75, 3.05) is 26.2 Å². The van der Waals surface area contributed by atoms with Gasteiger partial charge in [-0.05, 0) is 57.0 Å². The summed E-state index contributed by atoms with van der Waals surface area (Å²) < 4.78 is 0. The fraction of sp³-hybridized carbons (Fsp3) is 0.529. The molecule has 1 aromatic carbocycles. The van der Waals surface area contributed by atoms with Gasteiger partial charge in [0.15, 0.2) is 5.78 Å². The first-order valence-electron chi connectivity index (χ1n) is 7.49. The molecule has 0 radical (unpaired) electrons. The Hall–Kier alpha value is -1.68. The summed E-state index contributed by atoms with van der Waals surface area (Å²) in [5.74, 6) is 0.0331. The molecule has 0 aromatic heterocycles. The molecule has 0 spiro atoms. The molecule has 4 nitrogen and oxygen atoms in total. The molecule has 0 bridgehead atoms. The Morgan fingerprint density at radius 2 is 1.62 bits per heavy atom. The highest BCUT2D eigenvalue weighted by molar-refractivity contribution is 5.99. The second-order valence-electron chi connectivity index (χ2n) is 5.43. The molecule has 0 aliphatic heterocycles. The maximum Gasteiger partial charge on any atom is 0.234 e. The van der Waals surface area contributed by atoms with E-state index in [1.54, 1.807) is 0 Å². The van der Waals surface area contributed by atoms with Crippen LogP contribution < -0.4 is 5.32 Å². The lowest BCUT2D eigenvalue weighted by molar-refractivity contribution is -0.121. The molecule has 1 N–H and O–H groups in total. The highest BCUT2D eigenvalue weighted by Crippen LogP contribution is 2.16. The van der Waals surface area contributed by atoms with Crippen molar-refractivity contribution in [1.82, 2.24) is 10.2 Å². The van der Waals surface area contributed by atoms with Crippen molar-refractivity contribution in [2.24, 2.45) is 0 Å². The number of ketones is 1. The fourth-order valence-electron chi connectivity index (χ4n) is 2.28. The predicted octanol–water partition coefficient (Wildman–Crippen LogP) is 2.25. The topological polar surface area (TPSA) is 49.4 Å². The number of likely N-dealkylation sites (N-methyl/N-ethyl adjacent to an activating group) is 2. The van der Waals surface area contributed by atoms with Gasteiger partial charge in [-0.1, -0.05) is 13.0 Å². The zero-order valence-corrected chi connectivity index (χ0v) is 13.7. The van der Waals surface area contributed by atoms with Crippen molar-refractivity contribution >= 4 is 11.7 Å².